The molecule has 1 N–H and O–H groups in total. The predicted molar refractivity (Wildman–Crippen MR) is 121 cm³/mol. The minimum absolute atomic E-state index is 0. The summed E-state index contributed by atoms with van der Waals surface area (Å²) in [4.78, 5) is 16.5. The van der Waals surface area contributed by atoms with Crippen molar-refractivity contribution in [3.05, 3.63) is 88.4 Å². The Morgan fingerprint density at radius 1 is 1.03 bits per heavy atom. The summed E-state index contributed by atoms with van der Waals surface area (Å²) in [5.41, 5.74) is 1.39. The molecule has 32 heavy (non-hydrogen) atoms. The van der Waals surface area contributed by atoms with Gasteiger partial charge in [-0.05, 0) is 38.1 Å². The number of rotatable bonds is 7. The predicted octanol–water partition coefficient (Wildman–Crippen LogP) is 3.85. The molecule has 1 saturated heterocycles. The van der Waals surface area contributed by atoms with E-state index in [1.165, 1.54) is 0 Å². The Kier molecular flexibility index (Phi) is 12.0. The minimum atomic E-state index is -0.158. The molecule has 0 aromatic heterocycles. The zero-order valence-electron chi connectivity index (χ0n) is 17.4. The maximum atomic E-state index is 11.7. The first-order valence-corrected chi connectivity index (χ1v) is 10.8. The third kappa shape index (κ3) is 8.37. The number of benzene rings is 1. The van der Waals surface area contributed by atoms with Gasteiger partial charge in [0.15, 0.2) is 0 Å². The van der Waals surface area contributed by atoms with Gasteiger partial charge in [-0.15, -0.1) is 0 Å². The van der Waals surface area contributed by atoms with Gasteiger partial charge in [-0.3, -0.25) is 4.90 Å². The fraction of sp³-hybridized carbons (Fsp3) is 0.320. The number of nitrogens with one attached hydrogen (secondary N) is 1. The Morgan fingerprint density at radius 2 is 1.72 bits per heavy atom. The van der Waals surface area contributed by atoms with Crippen LogP contribution in [0.1, 0.15) is 23.2 Å². The van der Waals surface area contributed by atoms with Crippen LogP contribution < -0.4 is 10.2 Å². The smallest absolute Gasteiger partial charge is 0.0825 e. The van der Waals surface area contributed by atoms with Gasteiger partial charge in [-0.1, -0.05) is 29.3 Å². The number of halogens is 2. The van der Waals surface area contributed by atoms with Crippen molar-refractivity contribution in [1.29, 1.82) is 0 Å². The quantitative estimate of drug-likeness (QED) is 0.276. The normalized spacial score (nSPS) is 13.6. The monoisotopic (exact) mass is 551 g/mol. The van der Waals surface area contributed by atoms with Gasteiger partial charge in [-0.25, -0.2) is 0 Å². The Balaban J connectivity index is 0.000000534. The summed E-state index contributed by atoms with van der Waals surface area (Å²) in [5.74, 6) is -0.158. The summed E-state index contributed by atoms with van der Waals surface area (Å²) in [7, 11) is 0. The fourth-order valence-corrected chi connectivity index (χ4v) is 3.63. The zero-order valence-corrected chi connectivity index (χ0v) is 20.6. The third-order valence-electron chi connectivity index (χ3n) is 4.85. The Bertz CT molecular complexity index is 875. The van der Waals surface area contributed by atoms with Crippen LogP contribution in [0.25, 0.3) is 0 Å². The first kappa shape index (κ1) is 26.6. The zero-order chi connectivity index (χ0) is 21.9. The van der Waals surface area contributed by atoms with Crippen LogP contribution in [-0.2, 0) is 19.5 Å². The molecule has 0 atom stereocenters. The van der Waals surface area contributed by atoms with E-state index in [2.05, 4.69) is 63.6 Å². The van der Waals surface area contributed by atoms with Crippen molar-refractivity contribution < 1.29 is 24.3 Å². The van der Waals surface area contributed by atoms with Crippen molar-refractivity contribution in [3.63, 3.8) is 0 Å². The van der Waals surface area contributed by atoms with Gasteiger partial charge in [0.1, 0.15) is 0 Å². The molecule has 0 aliphatic carbocycles. The van der Waals surface area contributed by atoms with Crippen LogP contribution in [0.15, 0.2) is 24.3 Å². The molecule has 1 aliphatic heterocycles. The van der Waals surface area contributed by atoms with Crippen molar-refractivity contribution in [1.82, 2.24) is 10.2 Å². The average molecular weight is 551 g/mol. The Labute approximate surface area is 214 Å². The minimum Gasteiger partial charge on any atom is -0.999 e. The van der Waals surface area contributed by atoms with E-state index in [1.807, 2.05) is 18.2 Å². The molecule has 1 amide bonds. The molecule has 0 unspecified atom stereocenters. The number of nitrogens with zero attached hydrogens (tertiary/aromatic N) is 2. The van der Waals surface area contributed by atoms with Gasteiger partial charge in [0.25, 0.3) is 0 Å². The molecular weight excluding hydrogens is 530 g/mol. The van der Waals surface area contributed by atoms with Crippen molar-refractivity contribution in [3.8, 4) is 0 Å². The van der Waals surface area contributed by atoms with E-state index in [0.717, 1.165) is 51.3 Å². The maximum absolute atomic E-state index is 11.7. The second-order valence-corrected chi connectivity index (χ2v) is 7.71. The number of amides is 1. The molecule has 0 radical (unpaired) electrons. The van der Waals surface area contributed by atoms with Crippen LogP contribution in [0.3, 0.4) is 0 Å². The molecule has 174 valence electrons. The molecule has 4 rings (SSSR count). The van der Waals surface area contributed by atoms with Crippen LogP contribution in [0, 0.1) is 48.5 Å². The SMILES string of the molecule is O=C(NCCCCN1CCN(c2cccc(Cl)c2Cl)CC1)[c-]1[c-][c-][c-][c-]1.[Ru].[c-]1[c-][c-][cH-][c-]1. The van der Waals surface area contributed by atoms with Gasteiger partial charge in [0.2, 0.25) is 0 Å². The molecule has 1 heterocycles. The first-order valence-electron chi connectivity index (χ1n) is 10.1. The number of carbonyl (C=O) groups excluding carboxylic acids is 1. The molecule has 3 aromatic carbocycles. The summed E-state index contributed by atoms with van der Waals surface area (Å²) < 4.78 is 0. The summed E-state index contributed by atoms with van der Waals surface area (Å²) >= 11 is 12.4. The molecule has 0 spiro atoms. The fourth-order valence-electron chi connectivity index (χ4n) is 3.21. The van der Waals surface area contributed by atoms with Gasteiger partial charge in [0.05, 0.1) is 15.7 Å². The van der Waals surface area contributed by atoms with E-state index in [4.69, 9.17) is 23.2 Å². The number of hydrogen-bond donors (Lipinski definition) is 1. The Morgan fingerprint density at radius 3 is 2.34 bits per heavy atom. The molecule has 1 aliphatic rings. The van der Waals surface area contributed by atoms with Crippen molar-refractivity contribution >= 4 is 34.8 Å². The van der Waals surface area contributed by atoms with Crippen LogP contribution in [0.4, 0.5) is 5.69 Å². The number of piperazine rings is 1. The largest absolute Gasteiger partial charge is 0.999 e. The van der Waals surface area contributed by atoms with Crippen molar-refractivity contribution in [2.75, 3.05) is 44.2 Å². The molecule has 3 aromatic rings. The average Bonchev–Trinajstić information content (AvgIpc) is 3.53. The summed E-state index contributed by atoms with van der Waals surface area (Å²) in [6.45, 7) is 5.56. The summed E-state index contributed by atoms with van der Waals surface area (Å²) in [6.07, 6.45) is 1.99. The van der Waals surface area contributed by atoms with Crippen LogP contribution >= 0.6 is 23.2 Å². The number of anilines is 1. The molecule has 1 fully saturated rings. The number of carbonyl (C=O) groups is 1. The Hall–Kier alpha value is -1.65. The summed E-state index contributed by atoms with van der Waals surface area (Å²) in [5, 5.41) is 4.10. The standard InChI is InChI=1S/C20H20Cl2N3O.C5H.Ru/c21-17-8-5-9-18(19(17)22)25-14-12-24(13-15-25)11-4-3-10-23-20(26)16-6-1-2-7-16;1-2-4-5-3-1;/h5,8-9H,3-4,10-15H2,(H,23,26);1H;/q2*-5;. The van der Waals surface area contributed by atoms with E-state index in [-0.39, 0.29) is 25.4 Å². The number of unbranched alkanes of at least 4 members (excludes halogenated alkanes) is 1. The van der Waals surface area contributed by atoms with Crippen LogP contribution in [0.5, 0.6) is 0 Å². The molecular formula is C25H21Cl2N3ORu-10. The number of hydrogen-bond acceptors (Lipinski definition) is 3. The van der Waals surface area contributed by atoms with Crippen molar-refractivity contribution in [2.24, 2.45) is 0 Å². The second kappa shape index (κ2) is 14.5. The molecule has 0 saturated carbocycles. The van der Waals surface area contributed by atoms with Gasteiger partial charge in [-0.2, -0.15) is 5.91 Å². The molecule has 4 nitrogen and oxygen atoms in total. The van der Waals surface area contributed by atoms with Crippen molar-refractivity contribution in [2.45, 2.75) is 12.8 Å². The molecule has 7 heteroatoms. The van der Waals surface area contributed by atoms with E-state index in [9.17, 15) is 4.79 Å². The van der Waals surface area contributed by atoms with Crippen LogP contribution in [-0.4, -0.2) is 50.1 Å². The van der Waals surface area contributed by atoms with E-state index < -0.39 is 0 Å². The second-order valence-electron chi connectivity index (χ2n) is 6.92. The topological polar surface area (TPSA) is 35.6 Å². The van der Waals surface area contributed by atoms with Gasteiger partial charge < -0.3 is 75.2 Å². The van der Waals surface area contributed by atoms with E-state index in [1.54, 1.807) is 6.07 Å². The first-order chi connectivity index (χ1) is 15.1. The van der Waals surface area contributed by atoms with Gasteiger partial charge >= 0.3 is 0 Å². The maximum Gasteiger partial charge on any atom is 0.0825 e. The molecule has 0 bridgehead atoms. The van der Waals surface area contributed by atoms with Gasteiger partial charge in [0, 0.05) is 45.7 Å². The van der Waals surface area contributed by atoms with E-state index >= 15 is 0 Å². The third-order valence-corrected chi connectivity index (χ3v) is 5.66. The van der Waals surface area contributed by atoms with Crippen LogP contribution in [0.2, 0.25) is 10.0 Å². The summed E-state index contributed by atoms with van der Waals surface area (Å²) in [6, 6.07) is 28.3. The van der Waals surface area contributed by atoms with E-state index in [0.29, 0.717) is 22.2 Å².